The molecular formula is C11H10F7NO. The molecule has 0 unspecified atom stereocenters. The third-order valence-electron chi connectivity index (χ3n) is 2.62. The highest BCUT2D eigenvalue weighted by Crippen LogP contribution is 2.40. The fraction of sp³-hybridized carbons (Fsp3) is 0.455. The molecule has 0 bridgehead atoms. The van der Waals surface area contributed by atoms with Crippen LogP contribution in [0.3, 0.4) is 0 Å². The van der Waals surface area contributed by atoms with Crippen molar-refractivity contribution in [2.24, 2.45) is 5.73 Å². The number of hydrogen-bond donors (Lipinski definition) is 2. The average molecular weight is 305 g/mol. The lowest BCUT2D eigenvalue weighted by molar-refractivity contribution is -0.144. The van der Waals surface area contributed by atoms with Gasteiger partial charge in [-0.1, -0.05) is 0 Å². The predicted octanol–water partition coefficient (Wildman–Crippen LogP) is 3.24. The lowest BCUT2D eigenvalue weighted by Crippen LogP contribution is -2.28. The van der Waals surface area contributed by atoms with Gasteiger partial charge in [0, 0.05) is 5.56 Å². The summed E-state index contributed by atoms with van der Waals surface area (Å²) in [5, 5.41) is 9.14. The van der Waals surface area contributed by atoms with Crippen molar-refractivity contribution in [3.05, 3.63) is 34.6 Å². The molecular weight excluding hydrogens is 295 g/mol. The Kier molecular flexibility index (Phi) is 4.35. The number of benzene rings is 1. The summed E-state index contributed by atoms with van der Waals surface area (Å²) in [7, 11) is 0. The summed E-state index contributed by atoms with van der Waals surface area (Å²) in [4.78, 5) is 0. The van der Waals surface area contributed by atoms with E-state index in [1.54, 1.807) is 0 Å². The number of nitrogens with two attached hydrogens (primary N) is 1. The second kappa shape index (κ2) is 5.21. The van der Waals surface area contributed by atoms with E-state index in [0.717, 1.165) is 6.92 Å². The maximum Gasteiger partial charge on any atom is 0.416 e. The Balaban J connectivity index is 3.60. The molecule has 0 fully saturated rings. The van der Waals surface area contributed by atoms with Crippen molar-refractivity contribution in [3.8, 4) is 0 Å². The SMILES string of the molecule is C[C@@H](O)[C@@H](N)c1c(F)cc(C(F)(F)F)cc1C(F)(F)F. The zero-order valence-electron chi connectivity index (χ0n) is 9.98. The maximum absolute atomic E-state index is 13.6. The van der Waals surface area contributed by atoms with Crippen molar-refractivity contribution in [2.45, 2.75) is 31.4 Å². The minimum absolute atomic E-state index is 0.0766. The van der Waals surface area contributed by atoms with Crippen LogP contribution in [0.25, 0.3) is 0 Å². The quantitative estimate of drug-likeness (QED) is 0.824. The number of hydrogen-bond acceptors (Lipinski definition) is 2. The molecule has 1 rings (SSSR count). The molecule has 20 heavy (non-hydrogen) atoms. The summed E-state index contributed by atoms with van der Waals surface area (Å²) in [5.74, 6) is -1.76. The van der Waals surface area contributed by atoms with E-state index in [9.17, 15) is 30.7 Å². The van der Waals surface area contributed by atoms with Gasteiger partial charge >= 0.3 is 12.4 Å². The Bertz CT molecular complexity index is 493. The monoisotopic (exact) mass is 305 g/mol. The van der Waals surface area contributed by atoms with E-state index in [-0.39, 0.29) is 12.1 Å². The summed E-state index contributed by atoms with van der Waals surface area (Å²) in [6.07, 6.45) is -11.9. The molecule has 2 nitrogen and oxygen atoms in total. The zero-order valence-corrected chi connectivity index (χ0v) is 9.98. The molecule has 0 amide bonds. The minimum atomic E-state index is -5.23. The fourth-order valence-electron chi connectivity index (χ4n) is 1.60. The normalized spacial score (nSPS) is 16.1. The third kappa shape index (κ3) is 3.40. The number of aliphatic hydroxyl groups excluding tert-OH is 1. The number of alkyl halides is 6. The van der Waals surface area contributed by atoms with Crippen LogP contribution < -0.4 is 5.73 Å². The van der Waals surface area contributed by atoms with Crippen LogP contribution in [0, 0.1) is 5.82 Å². The second-order valence-corrected chi connectivity index (χ2v) is 4.18. The number of rotatable bonds is 2. The number of halogens is 7. The van der Waals surface area contributed by atoms with E-state index in [4.69, 9.17) is 10.8 Å². The first-order valence-electron chi connectivity index (χ1n) is 5.27. The van der Waals surface area contributed by atoms with Crippen LogP contribution in [0.1, 0.15) is 29.7 Å². The minimum Gasteiger partial charge on any atom is -0.391 e. The van der Waals surface area contributed by atoms with E-state index < -0.39 is 47.0 Å². The van der Waals surface area contributed by atoms with E-state index in [2.05, 4.69) is 0 Å². The molecule has 1 aromatic carbocycles. The van der Waals surface area contributed by atoms with Gasteiger partial charge in [0.05, 0.1) is 23.3 Å². The van der Waals surface area contributed by atoms with Crippen LogP contribution in [0.2, 0.25) is 0 Å². The molecule has 0 aromatic heterocycles. The van der Waals surface area contributed by atoms with Gasteiger partial charge in [-0.3, -0.25) is 0 Å². The van der Waals surface area contributed by atoms with Gasteiger partial charge in [0.1, 0.15) is 5.82 Å². The Morgan fingerprint density at radius 2 is 1.55 bits per heavy atom. The summed E-state index contributed by atoms with van der Waals surface area (Å²) >= 11 is 0. The van der Waals surface area contributed by atoms with Gasteiger partial charge in [-0.05, 0) is 19.1 Å². The molecule has 0 aliphatic rings. The topological polar surface area (TPSA) is 46.2 Å². The molecule has 0 heterocycles. The highest BCUT2D eigenvalue weighted by molar-refractivity contribution is 5.39. The third-order valence-corrected chi connectivity index (χ3v) is 2.62. The lowest BCUT2D eigenvalue weighted by atomic mass is 9.94. The molecule has 0 radical (unpaired) electrons. The van der Waals surface area contributed by atoms with E-state index in [1.165, 1.54) is 0 Å². The molecule has 2 atom stereocenters. The first-order valence-corrected chi connectivity index (χ1v) is 5.27. The van der Waals surface area contributed by atoms with E-state index >= 15 is 0 Å². The smallest absolute Gasteiger partial charge is 0.391 e. The average Bonchev–Trinajstić information content (AvgIpc) is 2.24. The standard InChI is InChI=1S/C11H10F7NO/c1-4(20)9(19)8-6(11(16,17)18)2-5(3-7(8)12)10(13,14)15/h2-4,9,20H,19H2,1H3/t4-,9-/m1/s1. The van der Waals surface area contributed by atoms with E-state index in [1.807, 2.05) is 0 Å². The van der Waals surface area contributed by atoms with Gasteiger partial charge in [-0.15, -0.1) is 0 Å². The first-order chi connectivity index (χ1) is 8.85. The van der Waals surface area contributed by atoms with Crippen molar-refractivity contribution in [2.75, 3.05) is 0 Å². The second-order valence-electron chi connectivity index (χ2n) is 4.18. The van der Waals surface area contributed by atoms with Crippen molar-refractivity contribution in [3.63, 3.8) is 0 Å². The Morgan fingerprint density at radius 3 is 1.90 bits per heavy atom. The molecule has 0 saturated carbocycles. The van der Waals surface area contributed by atoms with Gasteiger partial charge in [-0.25, -0.2) is 4.39 Å². The Labute approximate surface area is 109 Å². The van der Waals surface area contributed by atoms with Crippen LogP contribution in [0.4, 0.5) is 30.7 Å². The molecule has 0 aliphatic heterocycles. The predicted molar refractivity (Wildman–Crippen MR) is 55.0 cm³/mol. The molecule has 3 N–H and O–H groups in total. The summed E-state index contributed by atoms with van der Waals surface area (Å²) in [6.45, 7) is 1.00. The molecule has 0 aliphatic carbocycles. The van der Waals surface area contributed by atoms with Gasteiger partial charge in [-0.2, -0.15) is 26.3 Å². The number of aliphatic hydroxyl groups is 1. The first kappa shape index (κ1) is 16.7. The van der Waals surface area contributed by atoms with Crippen LogP contribution in [-0.4, -0.2) is 11.2 Å². The fourth-order valence-corrected chi connectivity index (χ4v) is 1.60. The van der Waals surface area contributed by atoms with Crippen molar-refractivity contribution < 1.29 is 35.8 Å². The van der Waals surface area contributed by atoms with E-state index in [0.29, 0.717) is 0 Å². The molecule has 0 saturated heterocycles. The molecule has 114 valence electrons. The Morgan fingerprint density at radius 1 is 1.05 bits per heavy atom. The highest BCUT2D eigenvalue weighted by Gasteiger charge is 2.41. The van der Waals surface area contributed by atoms with Crippen molar-refractivity contribution in [1.29, 1.82) is 0 Å². The molecule has 1 aromatic rings. The van der Waals surface area contributed by atoms with Crippen molar-refractivity contribution in [1.82, 2.24) is 0 Å². The lowest BCUT2D eigenvalue weighted by Gasteiger charge is -2.22. The van der Waals surface area contributed by atoms with Crippen molar-refractivity contribution >= 4 is 0 Å². The molecule has 9 heteroatoms. The van der Waals surface area contributed by atoms with Crippen LogP contribution in [-0.2, 0) is 12.4 Å². The summed E-state index contributed by atoms with van der Waals surface area (Å²) in [5.41, 5.74) is 0.407. The van der Waals surface area contributed by atoms with Crippen LogP contribution >= 0.6 is 0 Å². The summed E-state index contributed by atoms with van der Waals surface area (Å²) < 4.78 is 89.1. The van der Waals surface area contributed by atoms with Gasteiger partial charge < -0.3 is 10.8 Å². The molecule has 0 spiro atoms. The zero-order chi connectivity index (χ0) is 15.9. The van der Waals surface area contributed by atoms with Crippen LogP contribution in [0.5, 0.6) is 0 Å². The maximum atomic E-state index is 13.6. The van der Waals surface area contributed by atoms with Crippen LogP contribution in [0.15, 0.2) is 12.1 Å². The largest absolute Gasteiger partial charge is 0.416 e. The van der Waals surface area contributed by atoms with Gasteiger partial charge in [0.2, 0.25) is 0 Å². The van der Waals surface area contributed by atoms with Gasteiger partial charge in [0.25, 0.3) is 0 Å². The summed E-state index contributed by atoms with van der Waals surface area (Å²) in [6, 6.07) is -2.10. The van der Waals surface area contributed by atoms with Gasteiger partial charge in [0.15, 0.2) is 0 Å². The highest BCUT2D eigenvalue weighted by atomic mass is 19.4. The Hall–Kier alpha value is -1.35.